The average molecular weight is 287 g/mol. The maximum absolute atomic E-state index is 10.6. The molecule has 1 aromatic carbocycles. The maximum atomic E-state index is 10.6. The van der Waals surface area contributed by atoms with Gasteiger partial charge in [0.25, 0.3) is 5.69 Å². The summed E-state index contributed by atoms with van der Waals surface area (Å²) in [5, 5.41) is 21.9. The quantitative estimate of drug-likeness (QED) is 0.648. The number of nitro groups is 1. The highest BCUT2D eigenvalue weighted by atomic mass is 16.6. The molecule has 2 rings (SSSR count). The molecule has 2 aromatic rings. The molecular formula is C14H17N5O2. The van der Waals surface area contributed by atoms with Crippen molar-refractivity contribution < 1.29 is 4.92 Å². The summed E-state index contributed by atoms with van der Waals surface area (Å²) >= 11 is 0. The van der Waals surface area contributed by atoms with Gasteiger partial charge >= 0.3 is 0 Å². The van der Waals surface area contributed by atoms with E-state index in [0.29, 0.717) is 12.5 Å². The van der Waals surface area contributed by atoms with Crippen molar-refractivity contribution in [3.8, 4) is 0 Å². The number of nitrogens with one attached hydrogen (secondary N) is 1. The number of rotatable bonds is 6. The van der Waals surface area contributed by atoms with Crippen LogP contribution in [-0.4, -0.2) is 20.1 Å². The monoisotopic (exact) mass is 287 g/mol. The predicted octanol–water partition coefficient (Wildman–Crippen LogP) is 2.52. The molecule has 0 aliphatic carbocycles. The van der Waals surface area contributed by atoms with Crippen molar-refractivity contribution >= 4 is 11.6 Å². The van der Waals surface area contributed by atoms with Crippen LogP contribution in [0.1, 0.15) is 30.8 Å². The van der Waals surface area contributed by atoms with Gasteiger partial charge in [-0.2, -0.15) is 5.10 Å². The summed E-state index contributed by atoms with van der Waals surface area (Å²) in [5.74, 6) is 0.474. The molecule has 1 aromatic heterocycles. The van der Waals surface area contributed by atoms with Crippen molar-refractivity contribution in [3.05, 3.63) is 51.3 Å². The number of hydrogen-bond donors (Lipinski definition) is 1. The van der Waals surface area contributed by atoms with Gasteiger partial charge in [-0.25, -0.2) is 4.98 Å². The Morgan fingerprint density at radius 1 is 1.10 bits per heavy atom. The molecule has 7 nitrogen and oxygen atoms in total. The van der Waals surface area contributed by atoms with E-state index < -0.39 is 4.92 Å². The minimum absolute atomic E-state index is 0.0808. The molecule has 21 heavy (non-hydrogen) atoms. The Hall–Kier alpha value is -2.57. The van der Waals surface area contributed by atoms with Gasteiger partial charge < -0.3 is 5.32 Å². The molecule has 1 N–H and O–H groups in total. The third-order valence-electron chi connectivity index (χ3n) is 3.11. The minimum Gasteiger partial charge on any atom is -0.349 e. The van der Waals surface area contributed by atoms with Crippen molar-refractivity contribution in [3.63, 3.8) is 0 Å². The molecule has 0 amide bonds. The van der Waals surface area contributed by atoms with E-state index in [2.05, 4.69) is 20.5 Å². The van der Waals surface area contributed by atoms with Gasteiger partial charge in [0, 0.05) is 18.7 Å². The van der Waals surface area contributed by atoms with E-state index in [-0.39, 0.29) is 5.69 Å². The summed E-state index contributed by atoms with van der Waals surface area (Å²) in [4.78, 5) is 14.6. The lowest BCUT2D eigenvalue weighted by molar-refractivity contribution is -0.384. The number of non-ortho nitro benzene ring substituents is 1. The Balaban J connectivity index is 2.04. The van der Waals surface area contributed by atoms with Gasteiger partial charge in [-0.3, -0.25) is 10.1 Å². The largest absolute Gasteiger partial charge is 0.349 e. The molecule has 0 atom stereocenters. The van der Waals surface area contributed by atoms with Crippen LogP contribution in [0.4, 0.5) is 11.6 Å². The summed E-state index contributed by atoms with van der Waals surface area (Å²) in [6.45, 7) is 4.55. The molecule has 0 saturated heterocycles. The van der Waals surface area contributed by atoms with Gasteiger partial charge in [-0.15, -0.1) is 5.10 Å². The highest BCUT2D eigenvalue weighted by Crippen LogP contribution is 2.13. The number of benzene rings is 1. The van der Waals surface area contributed by atoms with E-state index in [0.717, 1.165) is 29.8 Å². The van der Waals surface area contributed by atoms with Gasteiger partial charge in [0.15, 0.2) is 0 Å². The molecule has 0 spiro atoms. The van der Waals surface area contributed by atoms with E-state index in [9.17, 15) is 10.1 Å². The van der Waals surface area contributed by atoms with Crippen LogP contribution in [-0.2, 0) is 19.4 Å². The van der Waals surface area contributed by atoms with Gasteiger partial charge in [0.05, 0.1) is 16.3 Å². The van der Waals surface area contributed by atoms with Gasteiger partial charge in [-0.05, 0) is 18.4 Å². The number of nitro benzene ring substituents is 1. The van der Waals surface area contributed by atoms with E-state index in [4.69, 9.17) is 0 Å². The van der Waals surface area contributed by atoms with Crippen LogP contribution in [0.3, 0.4) is 0 Å². The molecule has 0 bridgehead atoms. The predicted molar refractivity (Wildman–Crippen MR) is 79.0 cm³/mol. The normalized spacial score (nSPS) is 10.4. The number of anilines is 1. The zero-order valence-corrected chi connectivity index (χ0v) is 12.0. The van der Waals surface area contributed by atoms with Crippen molar-refractivity contribution in [1.82, 2.24) is 15.2 Å². The zero-order chi connectivity index (χ0) is 15.2. The maximum Gasteiger partial charge on any atom is 0.269 e. The van der Waals surface area contributed by atoms with E-state index in [1.807, 2.05) is 13.8 Å². The van der Waals surface area contributed by atoms with E-state index in [1.54, 1.807) is 12.1 Å². The number of nitrogens with zero attached hydrogens (tertiary/aromatic N) is 4. The second-order valence-corrected chi connectivity index (χ2v) is 4.51. The fourth-order valence-electron chi connectivity index (χ4n) is 1.93. The molecule has 0 aliphatic heterocycles. The lowest BCUT2D eigenvalue weighted by Crippen LogP contribution is -2.09. The van der Waals surface area contributed by atoms with Crippen molar-refractivity contribution in [2.75, 3.05) is 5.32 Å². The van der Waals surface area contributed by atoms with Crippen molar-refractivity contribution in [1.29, 1.82) is 0 Å². The number of aryl methyl sites for hydroxylation is 2. The van der Waals surface area contributed by atoms with Crippen LogP contribution in [0.25, 0.3) is 0 Å². The second kappa shape index (κ2) is 6.74. The average Bonchev–Trinajstić information content (AvgIpc) is 2.52. The van der Waals surface area contributed by atoms with Gasteiger partial charge in [0.2, 0.25) is 5.95 Å². The Morgan fingerprint density at radius 3 is 2.33 bits per heavy atom. The smallest absolute Gasteiger partial charge is 0.269 e. The van der Waals surface area contributed by atoms with Gasteiger partial charge in [-0.1, -0.05) is 26.0 Å². The van der Waals surface area contributed by atoms with Crippen LogP contribution >= 0.6 is 0 Å². The molecule has 0 aliphatic rings. The van der Waals surface area contributed by atoms with E-state index >= 15 is 0 Å². The highest BCUT2D eigenvalue weighted by Gasteiger charge is 2.07. The molecule has 110 valence electrons. The van der Waals surface area contributed by atoms with Crippen LogP contribution < -0.4 is 5.32 Å². The standard InChI is InChI=1S/C14H17N5O2/c1-3-12-13(4-2)17-18-14(16-12)15-9-10-5-7-11(8-6-10)19(20)21/h5-8H,3-4,9H2,1-2H3,(H,15,16,18). The Bertz CT molecular complexity index is 628. The summed E-state index contributed by atoms with van der Waals surface area (Å²) in [7, 11) is 0. The molecule has 0 fully saturated rings. The molecule has 0 radical (unpaired) electrons. The zero-order valence-electron chi connectivity index (χ0n) is 12.0. The van der Waals surface area contributed by atoms with Crippen LogP contribution in [0.2, 0.25) is 0 Å². The Labute approximate surface area is 122 Å². The van der Waals surface area contributed by atoms with Crippen molar-refractivity contribution in [2.24, 2.45) is 0 Å². The molecule has 0 unspecified atom stereocenters. The lowest BCUT2D eigenvalue weighted by atomic mass is 10.2. The van der Waals surface area contributed by atoms with Crippen molar-refractivity contribution in [2.45, 2.75) is 33.2 Å². The first-order valence-electron chi connectivity index (χ1n) is 6.83. The first kappa shape index (κ1) is 14.8. The second-order valence-electron chi connectivity index (χ2n) is 4.51. The fourth-order valence-corrected chi connectivity index (χ4v) is 1.93. The summed E-state index contributed by atoms with van der Waals surface area (Å²) in [5.41, 5.74) is 2.86. The number of hydrogen-bond acceptors (Lipinski definition) is 6. The van der Waals surface area contributed by atoms with Crippen LogP contribution in [0, 0.1) is 10.1 Å². The SMILES string of the molecule is CCc1nnc(NCc2ccc([N+](=O)[O-])cc2)nc1CC. The molecule has 7 heteroatoms. The minimum atomic E-state index is -0.415. The Morgan fingerprint density at radius 2 is 1.76 bits per heavy atom. The summed E-state index contributed by atoms with van der Waals surface area (Å²) in [6.07, 6.45) is 1.62. The summed E-state index contributed by atoms with van der Waals surface area (Å²) in [6, 6.07) is 6.38. The molecule has 1 heterocycles. The molecule has 0 saturated carbocycles. The van der Waals surface area contributed by atoms with Gasteiger partial charge in [0.1, 0.15) is 0 Å². The number of aromatic nitrogens is 3. The molecular weight excluding hydrogens is 270 g/mol. The van der Waals surface area contributed by atoms with Crippen LogP contribution in [0.5, 0.6) is 0 Å². The summed E-state index contributed by atoms with van der Waals surface area (Å²) < 4.78 is 0. The third kappa shape index (κ3) is 3.71. The highest BCUT2D eigenvalue weighted by molar-refractivity contribution is 5.35. The first-order chi connectivity index (χ1) is 10.1. The lowest BCUT2D eigenvalue weighted by Gasteiger charge is -2.07. The first-order valence-corrected chi connectivity index (χ1v) is 6.83. The fraction of sp³-hybridized carbons (Fsp3) is 0.357. The third-order valence-corrected chi connectivity index (χ3v) is 3.11. The Kier molecular flexibility index (Phi) is 4.76. The topological polar surface area (TPSA) is 93.8 Å². The van der Waals surface area contributed by atoms with Crippen LogP contribution in [0.15, 0.2) is 24.3 Å². The van der Waals surface area contributed by atoms with E-state index in [1.165, 1.54) is 12.1 Å².